The van der Waals surface area contributed by atoms with Crippen molar-refractivity contribution in [2.24, 2.45) is 11.7 Å². The molecule has 0 saturated carbocycles. The first-order chi connectivity index (χ1) is 6.27. The zero-order chi connectivity index (χ0) is 9.68. The van der Waals surface area contributed by atoms with E-state index < -0.39 is 0 Å². The highest BCUT2D eigenvalue weighted by molar-refractivity contribution is 6.11. The summed E-state index contributed by atoms with van der Waals surface area (Å²) in [6, 6.07) is 0.381. The molecule has 1 rings (SSSR count). The van der Waals surface area contributed by atoms with Crippen molar-refractivity contribution < 1.29 is 9.47 Å². The Kier molecular flexibility index (Phi) is 4.77. The lowest BCUT2D eigenvalue weighted by Gasteiger charge is -2.12. The monoisotopic (exact) mass is 185 g/mol. The molecule has 0 radical (unpaired) electrons. The molecule has 76 valence electrons. The van der Waals surface area contributed by atoms with Crippen LogP contribution in [0.25, 0.3) is 0 Å². The third-order valence-electron chi connectivity index (χ3n) is 2.77. The zero-order valence-corrected chi connectivity index (χ0v) is 8.66. The van der Waals surface area contributed by atoms with E-state index in [9.17, 15) is 0 Å². The van der Waals surface area contributed by atoms with Gasteiger partial charge in [0.25, 0.3) is 0 Å². The summed E-state index contributed by atoms with van der Waals surface area (Å²) in [5, 5.41) is 0. The molecular weight excluding hydrogens is 165 g/mol. The second-order valence-electron chi connectivity index (χ2n) is 3.85. The van der Waals surface area contributed by atoms with Crippen LogP contribution >= 0.6 is 0 Å². The first kappa shape index (κ1) is 11.0. The highest BCUT2D eigenvalue weighted by Crippen LogP contribution is 2.28. The van der Waals surface area contributed by atoms with Crippen molar-refractivity contribution in [3.63, 3.8) is 0 Å². The largest absolute Gasteiger partial charge is 0.382 e. The summed E-state index contributed by atoms with van der Waals surface area (Å²) in [6.45, 7) is 1.52. The van der Waals surface area contributed by atoms with Crippen molar-refractivity contribution in [2.75, 3.05) is 20.3 Å². The number of rotatable bonds is 5. The Bertz CT molecular complexity index is 146. The van der Waals surface area contributed by atoms with Crippen LogP contribution in [0.5, 0.6) is 0 Å². The van der Waals surface area contributed by atoms with Crippen molar-refractivity contribution in [2.45, 2.75) is 31.4 Å². The van der Waals surface area contributed by atoms with E-state index in [-0.39, 0.29) is 0 Å². The van der Waals surface area contributed by atoms with E-state index in [1.165, 1.54) is 6.42 Å². The molecule has 1 heterocycles. The fourth-order valence-electron chi connectivity index (χ4n) is 2.03. The molecule has 1 fully saturated rings. The van der Waals surface area contributed by atoms with Crippen LogP contribution in [0.2, 0.25) is 0 Å². The number of hydrogen-bond acceptors (Lipinski definition) is 3. The molecule has 1 aliphatic rings. The third kappa shape index (κ3) is 3.29. The van der Waals surface area contributed by atoms with Gasteiger partial charge in [0, 0.05) is 13.1 Å². The minimum atomic E-state index is 0.308. The van der Waals surface area contributed by atoms with Crippen molar-refractivity contribution >= 4 is 7.85 Å². The van der Waals surface area contributed by atoms with Crippen LogP contribution in [0.4, 0.5) is 0 Å². The predicted octanol–water partition coefficient (Wildman–Crippen LogP) is -0.264. The Morgan fingerprint density at radius 1 is 1.62 bits per heavy atom. The highest BCUT2D eigenvalue weighted by Gasteiger charge is 2.30. The second kappa shape index (κ2) is 5.63. The molecule has 0 aliphatic carbocycles. The zero-order valence-electron chi connectivity index (χ0n) is 8.66. The van der Waals surface area contributed by atoms with Crippen LogP contribution in [-0.4, -0.2) is 40.2 Å². The fourth-order valence-corrected chi connectivity index (χ4v) is 2.03. The van der Waals surface area contributed by atoms with E-state index in [0.29, 0.717) is 18.0 Å². The van der Waals surface area contributed by atoms with E-state index in [1.807, 2.05) is 0 Å². The van der Waals surface area contributed by atoms with E-state index in [0.717, 1.165) is 26.0 Å². The van der Waals surface area contributed by atoms with Gasteiger partial charge in [-0.3, -0.25) is 0 Å². The molecule has 1 saturated heterocycles. The molecular formula is C9H20BNO2. The molecule has 2 N–H and O–H groups in total. The van der Waals surface area contributed by atoms with E-state index >= 15 is 0 Å². The van der Waals surface area contributed by atoms with Gasteiger partial charge in [-0.15, -0.1) is 0 Å². The summed E-state index contributed by atoms with van der Waals surface area (Å²) < 4.78 is 10.8. The van der Waals surface area contributed by atoms with Gasteiger partial charge in [-0.05, 0) is 31.7 Å². The lowest BCUT2D eigenvalue weighted by molar-refractivity contribution is 0.0225. The van der Waals surface area contributed by atoms with Crippen molar-refractivity contribution in [3.05, 3.63) is 0 Å². The molecule has 13 heavy (non-hydrogen) atoms. The van der Waals surface area contributed by atoms with Gasteiger partial charge in [-0.25, -0.2) is 0 Å². The Morgan fingerprint density at radius 3 is 3.00 bits per heavy atom. The normalized spacial score (nSPS) is 33.8. The molecule has 0 spiro atoms. The van der Waals surface area contributed by atoms with E-state index in [1.54, 1.807) is 7.11 Å². The van der Waals surface area contributed by atoms with E-state index in [4.69, 9.17) is 15.2 Å². The first-order valence-electron chi connectivity index (χ1n) is 5.12. The molecule has 1 aliphatic heterocycles. The SMILES string of the molecule is B[C@@H]1O[C@H](COC)C[C@@H]1CCCN. The van der Waals surface area contributed by atoms with Crippen LogP contribution in [0, 0.1) is 5.92 Å². The van der Waals surface area contributed by atoms with Crippen molar-refractivity contribution in [1.82, 2.24) is 0 Å². The summed E-state index contributed by atoms with van der Waals surface area (Å²) in [4.78, 5) is 0. The smallest absolute Gasteiger partial charge is 0.139 e. The van der Waals surface area contributed by atoms with Crippen molar-refractivity contribution in [3.8, 4) is 0 Å². The average Bonchev–Trinajstić information content (AvgIpc) is 2.44. The number of methoxy groups -OCH3 is 1. The summed E-state index contributed by atoms with van der Waals surface area (Å²) in [7, 11) is 3.87. The highest BCUT2D eigenvalue weighted by atomic mass is 16.5. The van der Waals surface area contributed by atoms with Crippen LogP contribution in [-0.2, 0) is 9.47 Å². The summed E-state index contributed by atoms with van der Waals surface area (Å²) >= 11 is 0. The van der Waals surface area contributed by atoms with Crippen LogP contribution in [0.15, 0.2) is 0 Å². The minimum Gasteiger partial charge on any atom is -0.382 e. The van der Waals surface area contributed by atoms with Gasteiger partial charge in [-0.2, -0.15) is 0 Å². The van der Waals surface area contributed by atoms with Gasteiger partial charge in [0.1, 0.15) is 7.85 Å². The molecule has 0 amide bonds. The van der Waals surface area contributed by atoms with Gasteiger partial charge in [0.2, 0.25) is 0 Å². The summed E-state index contributed by atoms with van der Waals surface area (Å²) in [6.07, 6.45) is 3.74. The Hall–Kier alpha value is -0.0551. The first-order valence-corrected chi connectivity index (χ1v) is 5.12. The second-order valence-corrected chi connectivity index (χ2v) is 3.85. The van der Waals surface area contributed by atoms with Gasteiger partial charge in [0.05, 0.1) is 12.7 Å². The number of nitrogens with two attached hydrogens (primary N) is 1. The van der Waals surface area contributed by atoms with Crippen LogP contribution in [0.3, 0.4) is 0 Å². The minimum absolute atomic E-state index is 0.308. The molecule has 3 nitrogen and oxygen atoms in total. The van der Waals surface area contributed by atoms with Gasteiger partial charge < -0.3 is 15.2 Å². The molecule has 0 aromatic rings. The van der Waals surface area contributed by atoms with Crippen LogP contribution < -0.4 is 5.73 Å². The van der Waals surface area contributed by atoms with Crippen molar-refractivity contribution in [1.29, 1.82) is 0 Å². The molecule has 0 aromatic carbocycles. The Labute approximate surface area is 81.4 Å². The molecule has 4 heteroatoms. The predicted molar refractivity (Wildman–Crippen MR) is 55.5 cm³/mol. The Balaban J connectivity index is 2.24. The molecule has 3 atom stereocenters. The number of hydrogen-bond donors (Lipinski definition) is 1. The summed E-state index contributed by atoms with van der Waals surface area (Å²) in [5.41, 5.74) is 5.48. The maximum atomic E-state index is 5.75. The Morgan fingerprint density at radius 2 is 2.38 bits per heavy atom. The van der Waals surface area contributed by atoms with E-state index in [2.05, 4.69) is 7.85 Å². The summed E-state index contributed by atoms with van der Waals surface area (Å²) in [5.74, 6) is 0.684. The topological polar surface area (TPSA) is 44.5 Å². The standard InChI is InChI=1S/C9H20BNO2/c1-12-6-8-5-7(3-2-4-11)9(10)13-8/h7-9H,2-6,10-11H2,1H3/t7-,8-,9+/m0/s1. The third-order valence-corrected chi connectivity index (χ3v) is 2.77. The molecule has 0 aromatic heterocycles. The lowest BCUT2D eigenvalue weighted by Crippen LogP contribution is -2.18. The maximum absolute atomic E-state index is 5.75. The lowest BCUT2D eigenvalue weighted by atomic mass is 9.83. The number of ether oxygens (including phenoxy) is 2. The van der Waals surface area contributed by atoms with Gasteiger partial charge >= 0.3 is 0 Å². The quantitative estimate of drug-likeness (QED) is 0.600. The maximum Gasteiger partial charge on any atom is 0.139 e. The average molecular weight is 185 g/mol. The van der Waals surface area contributed by atoms with Gasteiger partial charge in [-0.1, -0.05) is 0 Å². The molecule has 0 unspecified atom stereocenters. The van der Waals surface area contributed by atoms with Crippen LogP contribution in [0.1, 0.15) is 19.3 Å². The molecule has 0 bridgehead atoms. The fraction of sp³-hybridized carbons (Fsp3) is 1.00. The van der Waals surface area contributed by atoms with Gasteiger partial charge in [0.15, 0.2) is 0 Å².